The molecule has 0 aromatic rings. The average molecular weight is 180 g/mol. The Morgan fingerprint density at radius 3 is 2.85 bits per heavy atom. The summed E-state index contributed by atoms with van der Waals surface area (Å²) in [6, 6.07) is 0. The van der Waals surface area contributed by atoms with E-state index in [9.17, 15) is 4.39 Å². The maximum absolute atomic E-state index is 13.2. The molecule has 1 atom stereocenters. The second-order valence-electron chi connectivity index (χ2n) is 3.86. The largest absolute Gasteiger partial charge is 0.242 e. The van der Waals surface area contributed by atoms with Gasteiger partial charge in [0, 0.05) is 6.42 Å². The summed E-state index contributed by atoms with van der Waals surface area (Å²) in [7, 11) is 0. The lowest BCUT2D eigenvalue weighted by atomic mass is 9.94. The van der Waals surface area contributed by atoms with Crippen LogP contribution in [-0.2, 0) is 0 Å². The van der Waals surface area contributed by atoms with E-state index in [-0.39, 0.29) is 0 Å². The quantitative estimate of drug-likeness (QED) is 0.577. The lowest BCUT2D eigenvalue weighted by Gasteiger charge is -2.16. The van der Waals surface area contributed by atoms with Crippen LogP contribution in [0.25, 0.3) is 0 Å². The van der Waals surface area contributed by atoms with Gasteiger partial charge in [-0.3, -0.25) is 0 Å². The first-order valence-electron chi connectivity index (χ1n) is 4.74. The summed E-state index contributed by atoms with van der Waals surface area (Å²) in [6.45, 7) is 7.69. The fourth-order valence-corrected chi connectivity index (χ4v) is 1.37. The third-order valence-corrected chi connectivity index (χ3v) is 2.39. The van der Waals surface area contributed by atoms with E-state index in [0.717, 1.165) is 18.4 Å². The minimum Gasteiger partial charge on any atom is -0.242 e. The molecule has 1 heteroatoms. The Balaban J connectivity index is 2.49. The average Bonchev–Trinajstić information content (AvgIpc) is 2.07. The molecule has 0 N–H and O–H groups in total. The van der Waals surface area contributed by atoms with E-state index in [4.69, 9.17) is 0 Å². The number of halogens is 1. The summed E-state index contributed by atoms with van der Waals surface area (Å²) in [6.07, 6.45) is 5.70. The highest BCUT2D eigenvalue weighted by Crippen LogP contribution is 2.25. The second-order valence-corrected chi connectivity index (χ2v) is 3.86. The summed E-state index contributed by atoms with van der Waals surface area (Å²) in [5.74, 6) is 0. The van der Waals surface area contributed by atoms with Gasteiger partial charge in [0.05, 0.1) is 0 Å². The predicted molar refractivity (Wildman–Crippen MR) is 55.4 cm³/mol. The Morgan fingerprint density at radius 1 is 1.62 bits per heavy atom. The second kappa shape index (κ2) is 4.40. The first kappa shape index (κ1) is 10.2. The van der Waals surface area contributed by atoms with Crippen molar-refractivity contribution in [1.29, 1.82) is 0 Å². The fraction of sp³-hybridized carbons (Fsp3) is 0.500. The molecule has 1 rings (SSSR count). The van der Waals surface area contributed by atoms with Gasteiger partial charge in [0.15, 0.2) is 0 Å². The molecule has 0 saturated carbocycles. The Hall–Kier alpha value is -0.850. The van der Waals surface area contributed by atoms with Crippen molar-refractivity contribution in [3.8, 4) is 0 Å². The van der Waals surface area contributed by atoms with Gasteiger partial charge in [-0.1, -0.05) is 23.3 Å². The van der Waals surface area contributed by atoms with Crippen LogP contribution >= 0.6 is 0 Å². The lowest BCUT2D eigenvalue weighted by Crippen LogP contribution is -2.07. The zero-order valence-electron chi connectivity index (χ0n) is 8.44. The van der Waals surface area contributed by atoms with Crippen molar-refractivity contribution < 1.29 is 4.39 Å². The van der Waals surface area contributed by atoms with Crippen LogP contribution in [0.4, 0.5) is 4.39 Å². The normalized spacial score (nSPS) is 22.2. The van der Waals surface area contributed by atoms with Gasteiger partial charge >= 0.3 is 0 Å². The number of allylic oxidation sites excluding steroid dienone is 5. The van der Waals surface area contributed by atoms with Gasteiger partial charge in [0.25, 0.3) is 0 Å². The van der Waals surface area contributed by atoms with Crippen LogP contribution in [-0.4, -0.2) is 6.17 Å². The Bertz CT molecular complexity index is 258. The third kappa shape index (κ3) is 3.17. The zero-order chi connectivity index (χ0) is 9.84. The van der Waals surface area contributed by atoms with Crippen LogP contribution in [0.2, 0.25) is 0 Å². The molecule has 0 saturated heterocycles. The molecule has 0 nitrogen and oxygen atoms in total. The van der Waals surface area contributed by atoms with Crippen LogP contribution in [0.15, 0.2) is 35.5 Å². The van der Waals surface area contributed by atoms with Gasteiger partial charge in [-0.25, -0.2) is 4.39 Å². The molecule has 0 aromatic carbocycles. The van der Waals surface area contributed by atoms with Crippen molar-refractivity contribution in [2.24, 2.45) is 0 Å². The summed E-state index contributed by atoms with van der Waals surface area (Å²) in [4.78, 5) is 0. The summed E-state index contributed by atoms with van der Waals surface area (Å²) < 4.78 is 13.2. The molecule has 0 spiro atoms. The van der Waals surface area contributed by atoms with Gasteiger partial charge in [-0.15, -0.1) is 6.58 Å². The molecule has 0 bridgehead atoms. The topological polar surface area (TPSA) is 0 Å². The van der Waals surface area contributed by atoms with E-state index in [1.165, 1.54) is 11.1 Å². The van der Waals surface area contributed by atoms with E-state index in [1.807, 2.05) is 26.0 Å². The molecule has 0 heterocycles. The molecule has 1 unspecified atom stereocenters. The molecule has 0 aromatic heterocycles. The van der Waals surface area contributed by atoms with Gasteiger partial charge < -0.3 is 0 Å². The monoisotopic (exact) mass is 180 g/mol. The van der Waals surface area contributed by atoms with Gasteiger partial charge in [0.1, 0.15) is 6.17 Å². The minimum atomic E-state index is -0.759. The highest BCUT2D eigenvalue weighted by Gasteiger charge is 2.14. The number of rotatable bonds is 3. The SMILES string of the molecule is C=C(C)CCC1=CC=C(C)C(F)C1. The molecule has 0 radical (unpaired) electrons. The molecule has 1 aliphatic carbocycles. The molecular weight excluding hydrogens is 163 g/mol. The Kier molecular flexibility index (Phi) is 3.47. The van der Waals surface area contributed by atoms with Crippen LogP contribution in [0.5, 0.6) is 0 Å². The van der Waals surface area contributed by atoms with Crippen molar-refractivity contribution in [1.82, 2.24) is 0 Å². The van der Waals surface area contributed by atoms with Crippen LogP contribution in [0.3, 0.4) is 0 Å². The predicted octanol–water partition coefficient (Wildman–Crippen LogP) is 3.96. The number of alkyl halides is 1. The van der Waals surface area contributed by atoms with Crippen LogP contribution in [0, 0.1) is 0 Å². The summed E-state index contributed by atoms with van der Waals surface area (Å²) in [5.41, 5.74) is 3.22. The molecule has 0 amide bonds. The maximum atomic E-state index is 13.2. The van der Waals surface area contributed by atoms with Crippen molar-refractivity contribution in [3.05, 3.63) is 35.5 Å². The van der Waals surface area contributed by atoms with E-state index >= 15 is 0 Å². The smallest absolute Gasteiger partial charge is 0.125 e. The van der Waals surface area contributed by atoms with Crippen LogP contribution < -0.4 is 0 Å². The highest BCUT2D eigenvalue weighted by atomic mass is 19.1. The summed E-state index contributed by atoms with van der Waals surface area (Å²) >= 11 is 0. The van der Waals surface area contributed by atoms with E-state index in [1.54, 1.807) is 0 Å². The molecule has 1 aliphatic rings. The van der Waals surface area contributed by atoms with E-state index in [0.29, 0.717) is 6.42 Å². The van der Waals surface area contributed by atoms with E-state index < -0.39 is 6.17 Å². The van der Waals surface area contributed by atoms with Gasteiger partial charge in [-0.05, 0) is 32.3 Å². The van der Waals surface area contributed by atoms with Crippen LogP contribution in [0.1, 0.15) is 33.1 Å². The Labute approximate surface area is 79.8 Å². The van der Waals surface area contributed by atoms with Crippen molar-refractivity contribution >= 4 is 0 Å². The lowest BCUT2D eigenvalue weighted by molar-refractivity contribution is 0.373. The van der Waals surface area contributed by atoms with Crippen molar-refractivity contribution in [2.45, 2.75) is 39.3 Å². The molecular formula is C12H17F. The standard InChI is InChI=1S/C12H17F/c1-9(2)4-6-11-7-5-10(3)12(13)8-11/h5,7,12H,1,4,6,8H2,2-3H3. The zero-order valence-corrected chi connectivity index (χ0v) is 8.44. The fourth-order valence-electron chi connectivity index (χ4n) is 1.37. The number of hydrogen-bond donors (Lipinski definition) is 0. The Morgan fingerprint density at radius 2 is 2.31 bits per heavy atom. The number of hydrogen-bond acceptors (Lipinski definition) is 0. The summed E-state index contributed by atoms with van der Waals surface area (Å²) in [5, 5.41) is 0. The molecule has 13 heavy (non-hydrogen) atoms. The van der Waals surface area contributed by atoms with Crippen molar-refractivity contribution in [3.63, 3.8) is 0 Å². The third-order valence-electron chi connectivity index (χ3n) is 2.39. The minimum absolute atomic E-state index is 0.579. The van der Waals surface area contributed by atoms with Gasteiger partial charge in [-0.2, -0.15) is 0 Å². The molecule has 0 fully saturated rings. The maximum Gasteiger partial charge on any atom is 0.125 e. The van der Waals surface area contributed by atoms with E-state index in [2.05, 4.69) is 6.58 Å². The van der Waals surface area contributed by atoms with Crippen molar-refractivity contribution in [2.75, 3.05) is 0 Å². The van der Waals surface area contributed by atoms with Gasteiger partial charge in [0.2, 0.25) is 0 Å². The highest BCUT2D eigenvalue weighted by molar-refractivity contribution is 5.26. The molecule has 72 valence electrons. The molecule has 0 aliphatic heterocycles. The first-order chi connectivity index (χ1) is 6.09. The first-order valence-corrected chi connectivity index (χ1v) is 4.74.